The topological polar surface area (TPSA) is 55.8 Å². The van der Waals surface area contributed by atoms with Crippen LogP contribution in [0.15, 0.2) is 36.4 Å². The maximum atomic E-state index is 12.2. The molecule has 2 rings (SSSR count). The largest absolute Gasteiger partial charge is 0.507 e. The first-order valence-electron chi connectivity index (χ1n) is 11.7. The van der Waals surface area contributed by atoms with Gasteiger partial charge in [0.25, 0.3) is 0 Å². The van der Waals surface area contributed by atoms with Gasteiger partial charge in [-0.25, -0.2) is 0 Å². The Hall–Kier alpha value is -2.49. The van der Waals surface area contributed by atoms with E-state index < -0.39 is 0 Å². The van der Waals surface area contributed by atoms with E-state index >= 15 is 0 Å². The molecule has 0 aliphatic carbocycles. The lowest BCUT2D eigenvalue weighted by atomic mass is 9.78. The lowest BCUT2D eigenvalue weighted by molar-refractivity contribution is -0.144. The van der Waals surface area contributed by atoms with Crippen LogP contribution < -0.4 is 4.74 Å². The van der Waals surface area contributed by atoms with E-state index in [0.717, 1.165) is 35.3 Å². The second-order valence-electron chi connectivity index (χ2n) is 10.5. The zero-order valence-corrected chi connectivity index (χ0v) is 20.9. The van der Waals surface area contributed by atoms with Crippen LogP contribution in [0, 0.1) is 0 Å². The Bertz CT molecular complexity index is 848. The highest BCUT2D eigenvalue weighted by Gasteiger charge is 2.26. The molecule has 0 aliphatic heterocycles. The molecule has 32 heavy (non-hydrogen) atoms. The molecule has 4 heteroatoms. The van der Waals surface area contributed by atoms with Crippen LogP contribution in [-0.2, 0) is 33.2 Å². The number of carbonyl (C=O) groups is 1. The van der Waals surface area contributed by atoms with Crippen molar-refractivity contribution in [3.63, 3.8) is 0 Å². The highest BCUT2D eigenvalue weighted by atomic mass is 16.6. The molecule has 0 saturated heterocycles. The average Bonchev–Trinajstić information content (AvgIpc) is 2.70. The maximum absolute atomic E-state index is 12.2. The lowest BCUT2D eigenvalue weighted by Crippen LogP contribution is -2.18. The van der Waals surface area contributed by atoms with Crippen LogP contribution in [0.25, 0.3) is 0 Å². The van der Waals surface area contributed by atoms with Crippen LogP contribution in [0.4, 0.5) is 0 Å². The van der Waals surface area contributed by atoms with Crippen molar-refractivity contribution < 1.29 is 19.4 Å². The Labute approximate surface area is 194 Å². The fraction of sp³-hybridized carbons (Fsp3) is 0.536. The van der Waals surface area contributed by atoms with Gasteiger partial charge in [0.1, 0.15) is 24.7 Å². The van der Waals surface area contributed by atoms with Crippen molar-refractivity contribution in [2.75, 3.05) is 13.2 Å². The second-order valence-corrected chi connectivity index (χ2v) is 10.5. The molecular formula is C28H40O4. The molecular weight excluding hydrogens is 400 g/mol. The molecule has 4 nitrogen and oxygen atoms in total. The highest BCUT2D eigenvalue weighted by Crippen LogP contribution is 2.40. The normalized spacial score (nSPS) is 12.0. The predicted molar refractivity (Wildman–Crippen MR) is 131 cm³/mol. The third-order valence-electron chi connectivity index (χ3n) is 5.48. The van der Waals surface area contributed by atoms with Crippen molar-refractivity contribution in [3.05, 3.63) is 58.7 Å². The first-order chi connectivity index (χ1) is 14.9. The minimum atomic E-state index is -0.241. The zero-order valence-electron chi connectivity index (χ0n) is 20.9. The van der Waals surface area contributed by atoms with Gasteiger partial charge in [-0.2, -0.15) is 0 Å². The summed E-state index contributed by atoms with van der Waals surface area (Å²) in [5.41, 5.74) is 3.78. The van der Waals surface area contributed by atoms with E-state index in [1.54, 1.807) is 0 Å². The van der Waals surface area contributed by atoms with E-state index in [0.29, 0.717) is 25.2 Å². The molecule has 0 unspecified atom stereocenters. The molecule has 0 spiro atoms. The number of ether oxygens (including phenoxy) is 2. The van der Waals surface area contributed by atoms with Crippen molar-refractivity contribution in [1.82, 2.24) is 0 Å². The Kier molecular flexibility index (Phi) is 8.77. The lowest BCUT2D eigenvalue weighted by Gasteiger charge is -2.28. The van der Waals surface area contributed by atoms with Crippen LogP contribution in [0.3, 0.4) is 0 Å². The summed E-state index contributed by atoms with van der Waals surface area (Å²) in [5.74, 6) is 0.903. The minimum absolute atomic E-state index is 0.188. The molecule has 0 heterocycles. The number of esters is 1. The van der Waals surface area contributed by atoms with E-state index in [1.165, 1.54) is 5.56 Å². The third kappa shape index (κ3) is 7.58. The van der Waals surface area contributed by atoms with Gasteiger partial charge in [0.05, 0.1) is 0 Å². The van der Waals surface area contributed by atoms with Crippen molar-refractivity contribution in [3.8, 4) is 11.5 Å². The number of benzene rings is 2. The molecule has 0 bridgehead atoms. The quantitative estimate of drug-likeness (QED) is 0.357. The maximum Gasteiger partial charge on any atom is 0.306 e. The van der Waals surface area contributed by atoms with E-state index in [-0.39, 0.29) is 23.4 Å². The number of rotatable bonds is 9. The van der Waals surface area contributed by atoms with Crippen LogP contribution in [-0.4, -0.2) is 24.3 Å². The highest BCUT2D eigenvalue weighted by molar-refractivity contribution is 5.69. The van der Waals surface area contributed by atoms with E-state index in [9.17, 15) is 9.90 Å². The van der Waals surface area contributed by atoms with Gasteiger partial charge in [0.2, 0.25) is 0 Å². The number of hydrogen-bond acceptors (Lipinski definition) is 4. The van der Waals surface area contributed by atoms with Gasteiger partial charge in [0.15, 0.2) is 0 Å². The van der Waals surface area contributed by atoms with Crippen LogP contribution >= 0.6 is 0 Å². The van der Waals surface area contributed by atoms with Crippen molar-refractivity contribution >= 4 is 5.97 Å². The monoisotopic (exact) mass is 440 g/mol. The summed E-state index contributed by atoms with van der Waals surface area (Å²) in [5, 5.41) is 10.8. The zero-order chi connectivity index (χ0) is 23.9. The number of hydrogen-bond donors (Lipinski definition) is 1. The van der Waals surface area contributed by atoms with E-state index in [4.69, 9.17) is 9.47 Å². The summed E-state index contributed by atoms with van der Waals surface area (Å²) in [7, 11) is 0. The van der Waals surface area contributed by atoms with E-state index in [2.05, 4.69) is 60.6 Å². The summed E-state index contributed by atoms with van der Waals surface area (Å²) in [6, 6.07) is 12.1. The standard InChI is InChI=1S/C28H40O4/c1-8-9-20-10-13-22(14-11-20)31-16-17-32-25(29)15-12-21-18-23(27(2,3)4)26(30)24(19-21)28(5,6)7/h10-11,13-14,18-19,30H,8-9,12,15-17H2,1-7H3. The van der Waals surface area contributed by atoms with Crippen LogP contribution in [0.5, 0.6) is 11.5 Å². The van der Waals surface area contributed by atoms with Gasteiger partial charge >= 0.3 is 5.97 Å². The molecule has 0 atom stereocenters. The fourth-order valence-corrected chi connectivity index (χ4v) is 3.66. The molecule has 2 aromatic carbocycles. The average molecular weight is 441 g/mol. The third-order valence-corrected chi connectivity index (χ3v) is 5.48. The van der Waals surface area contributed by atoms with Gasteiger partial charge in [-0.1, -0.05) is 79.2 Å². The molecule has 0 aromatic heterocycles. The molecule has 2 aromatic rings. The van der Waals surface area contributed by atoms with Gasteiger partial charge in [-0.05, 0) is 58.1 Å². The second kappa shape index (κ2) is 10.9. The van der Waals surface area contributed by atoms with Crippen molar-refractivity contribution in [2.45, 2.75) is 85.0 Å². The number of phenols is 1. The SMILES string of the molecule is CCCc1ccc(OCCOC(=O)CCc2cc(C(C)(C)C)c(O)c(C(C)(C)C)c2)cc1. The smallest absolute Gasteiger partial charge is 0.306 e. The first-order valence-corrected chi connectivity index (χ1v) is 11.7. The first kappa shape index (κ1) is 25.8. The molecule has 0 fully saturated rings. The van der Waals surface area contributed by atoms with Crippen LogP contribution in [0.1, 0.15) is 83.6 Å². The van der Waals surface area contributed by atoms with Gasteiger partial charge in [-0.3, -0.25) is 4.79 Å². The minimum Gasteiger partial charge on any atom is -0.507 e. The summed E-state index contributed by atoms with van der Waals surface area (Å²) < 4.78 is 11.0. The fourth-order valence-electron chi connectivity index (χ4n) is 3.66. The Morgan fingerprint density at radius 2 is 1.41 bits per heavy atom. The number of aryl methyl sites for hydroxylation is 2. The molecule has 1 N–H and O–H groups in total. The summed E-state index contributed by atoms with van der Waals surface area (Å²) in [4.78, 5) is 12.2. The summed E-state index contributed by atoms with van der Waals surface area (Å²) in [6.07, 6.45) is 3.05. The van der Waals surface area contributed by atoms with Crippen molar-refractivity contribution in [2.24, 2.45) is 0 Å². The summed E-state index contributed by atoms with van der Waals surface area (Å²) in [6.45, 7) is 15.2. The number of carbonyl (C=O) groups excluding carboxylic acids is 1. The molecule has 0 aliphatic rings. The number of aromatic hydroxyl groups is 1. The Balaban J connectivity index is 1.89. The molecule has 176 valence electrons. The van der Waals surface area contributed by atoms with Gasteiger partial charge in [-0.15, -0.1) is 0 Å². The van der Waals surface area contributed by atoms with Gasteiger partial charge in [0, 0.05) is 6.42 Å². The van der Waals surface area contributed by atoms with Gasteiger partial charge < -0.3 is 14.6 Å². The summed E-state index contributed by atoms with van der Waals surface area (Å²) >= 11 is 0. The van der Waals surface area contributed by atoms with Crippen molar-refractivity contribution in [1.29, 1.82) is 0 Å². The van der Waals surface area contributed by atoms with Crippen LogP contribution in [0.2, 0.25) is 0 Å². The molecule has 0 saturated carbocycles. The predicted octanol–water partition coefficient (Wildman–Crippen LogP) is 6.49. The molecule has 0 radical (unpaired) electrons. The number of phenolic OH excluding ortho intramolecular Hbond substituents is 1. The molecule has 0 amide bonds. The Morgan fingerprint density at radius 3 is 1.91 bits per heavy atom. The van der Waals surface area contributed by atoms with E-state index in [1.807, 2.05) is 24.3 Å². The Morgan fingerprint density at radius 1 is 0.844 bits per heavy atom.